The third-order valence-electron chi connectivity index (χ3n) is 7.25. The Labute approximate surface area is 209 Å². The Morgan fingerprint density at radius 2 is 1.69 bits per heavy atom. The predicted octanol–water partition coefficient (Wildman–Crippen LogP) is 5.36. The predicted molar refractivity (Wildman–Crippen MR) is 134 cm³/mol. The summed E-state index contributed by atoms with van der Waals surface area (Å²) in [6, 6.07) is 16.9. The van der Waals surface area contributed by atoms with Crippen LogP contribution in [0.15, 0.2) is 62.8 Å². The number of nitrogens with zero attached hydrogens (tertiary/aromatic N) is 4. The number of benzene rings is 2. The molecular formula is C27H30N4O3S. The van der Waals surface area contributed by atoms with Gasteiger partial charge < -0.3 is 19.1 Å². The Kier molecular flexibility index (Phi) is 6.48. The van der Waals surface area contributed by atoms with Crippen LogP contribution in [-0.2, 0) is 9.53 Å². The second kappa shape index (κ2) is 10.0. The second-order valence-corrected chi connectivity index (χ2v) is 10.6. The van der Waals surface area contributed by atoms with E-state index in [1.807, 2.05) is 4.90 Å². The summed E-state index contributed by atoms with van der Waals surface area (Å²) in [4.78, 5) is 24.8. The van der Waals surface area contributed by atoms with E-state index >= 15 is 0 Å². The van der Waals surface area contributed by atoms with Crippen molar-refractivity contribution in [3.8, 4) is 0 Å². The highest BCUT2D eigenvalue weighted by molar-refractivity contribution is 7.99. The van der Waals surface area contributed by atoms with Crippen molar-refractivity contribution in [1.82, 2.24) is 15.0 Å². The number of carbonyl (C=O) groups excluding carboxylic acids is 1. The van der Waals surface area contributed by atoms with E-state index < -0.39 is 0 Å². The van der Waals surface area contributed by atoms with E-state index in [9.17, 15) is 4.79 Å². The van der Waals surface area contributed by atoms with Crippen LogP contribution < -0.4 is 4.90 Å². The van der Waals surface area contributed by atoms with Gasteiger partial charge in [-0.2, -0.15) is 4.98 Å². The molecule has 0 radical (unpaired) electrons. The van der Waals surface area contributed by atoms with Crippen LogP contribution in [0.5, 0.6) is 0 Å². The first kappa shape index (κ1) is 22.6. The van der Waals surface area contributed by atoms with Crippen LogP contribution in [0.25, 0.3) is 0 Å². The van der Waals surface area contributed by atoms with Crippen LogP contribution in [0.4, 0.5) is 11.4 Å². The van der Waals surface area contributed by atoms with Crippen LogP contribution in [0.2, 0.25) is 0 Å². The van der Waals surface area contributed by atoms with E-state index in [0.717, 1.165) is 51.3 Å². The molecule has 3 aromatic rings. The number of carbonyl (C=O) groups is 1. The van der Waals surface area contributed by atoms with Crippen molar-refractivity contribution in [1.29, 1.82) is 0 Å². The van der Waals surface area contributed by atoms with Crippen molar-refractivity contribution < 1.29 is 14.1 Å². The molecule has 1 unspecified atom stereocenters. The SMILES string of the molecule is O=C(CCN1c2ccccc2Sc2ccccc21)N1CCCC(c2nc(C3CCOCC3)no2)C1. The molecule has 3 aliphatic heterocycles. The van der Waals surface area contributed by atoms with Crippen molar-refractivity contribution >= 4 is 29.0 Å². The number of anilines is 2. The summed E-state index contributed by atoms with van der Waals surface area (Å²) in [6.45, 7) is 3.61. The Bertz CT molecular complexity index is 1150. The number of likely N-dealkylation sites (tertiary alicyclic amines) is 1. The molecule has 1 amide bonds. The minimum absolute atomic E-state index is 0.113. The molecule has 35 heavy (non-hydrogen) atoms. The maximum Gasteiger partial charge on any atom is 0.231 e. The molecule has 2 fully saturated rings. The zero-order valence-corrected chi connectivity index (χ0v) is 20.6. The molecule has 4 heterocycles. The van der Waals surface area contributed by atoms with Gasteiger partial charge in [-0.05, 0) is 49.9 Å². The number of piperidine rings is 1. The maximum absolute atomic E-state index is 13.3. The molecule has 182 valence electrons. The molecule has 8 heteroatoms. The number of rotatable bonds is 5. The summed E-state index contributed by atoms with van der Waals surface area (Å²) in [5.74, 6) is 2.09. The van der Waals surface area contributed by atoms with E-state index in [-0.39, 0.29) is 11.8 Å². The fourth-order valence-corrected chi connectivity index (χ4v) is 6.42. The van der Waals surface area contributed by atoms with Crippen molar-refractivity contribution in [3.63, 3.8) is 0 Å². The van der Waals surface area contributed by atoms with Crippen molar-refractivity contribution in [2.24, 2.45) is 0 Å². The number of hydrogen-bond donors (Lipinski definition) is 0. The Morgan fingerprint density at radius 3 is 2.43 bits per heavy atom. The Morgan fingerprint density at radius 1 is 0.971 bits per heavy atom. The lowest BCUT2D eigenvalue weighted by molar-refractivity contribution is -0.132. The lowest BCUT2D eigenvalue weighted by atomic mass is 9.97. The first-order valence-electron chi connectivity index (χ1n) is 12.6. The van der Waals surface area contributed by atoms with E-state index in [1.54, 1.807) is 11.8 Å². The topological polar surface area (TPSA) is 71.7 Å². The summed E-state index contributed by atoms with van der Waals surface area (Å²) < 4.78 is 11.1. The molecule has 1 aromatic heterocycles. The molecule has 0 spiro atoms. The third-order valence-corrected chi connectivity index (χ3v) is 8.38. The molecule has 0 saturated carbocycles. The molecule has 0 aliphatic carbocycles. The molecule has 3 aliphatic rings. The summed E-state index contributed by atoms with van der Waals surface area (Å²) in [5.41, 5.74) is 2.35. The van der Waals surface area contributed by atoms with Gasteiger partial charge in [-0.25, -0.2) is 0 Å². The number of hydrogen-bond acceptors (Lipinski definition) is 7. The summed E-state index contributed by atoms with van der Waals surface area (Å²) >= 11 is 1.79. The second-order valence-electron chi connectivity index (χ2n) is 9.50. The van der Waals surface area contributed by atoms with Gasteiger partial charge in [0.2, 0.25) is 11.8 Å². The summed E-state index contributed by atoms with van der Waals surface area (Å²) in [7, 11) is 0. The first-order chi connectivity index (χ1) is 17.3. The van der Waals surface area contributed by atoms with Gasteiger partial charge in [0.05, 0.1) is 17.3 Å². The minimum atomic E-state index is 0.113. The van der Waals surface area contributed by atoms with Gasteiger partial charge >= 0.3 is 0 Å². The highest BCUT2D eigenvalue weighted by atomic mass is 32.2. The first-order valence-corrected chi connectivity index (χ1v) is 13.4. The van der Waals surface area contributed by atoms with E-state index in [0.29, 0.717) is 31.3 Å². The average molecular weight is 491 g/mol. The highest BCUT2D eigenvalue weighted by Crippen LogP contribution is 2.47. The molecular weight excluding hydrogens is 460 g/mol. The van der Waals surface area contributed by atoms with Crippen LogP contribution >= 0.6 is 11.8 Å². The van der Waals surface area contributed by atoms with Gasteiger partial charge in [0.25, 0.3) is 0 Å². The number of para-hydroxylation sites is 2. The summed E-state index contributed by atoms with van der Waals surface area (Å²) in [5, 5.41) is 4.27. The van der Waals surface area contributed by atoms with Gasteiger partial charge in [-0.1, -0.05) is 41.2 Å². The average Bonchev–Trinajstić information content (AvgIpc) is 3.42. The molecule has 6 rings (SSSR count). The van der Waals surface area contributed by atoms with Gasteiger partial charge in [-0.15, -0.1) is 0 Å². The summed E-state index contributed by atoms with van der Waals surface area (Å²) in [6.07, 6.45) is 4.28. The fourth-order valence-electron chi connectivity index (χ4n) is 5.33. The molecule has 2 saturated heterocycles. The van der Waals surface area contributed by atoms with E-state index in [4.69, 9.17) is 14.2 Å². The molecule has 0 bridgehead atoms. The monoisotopic (exact) mass is 490 g/mol. The Balaban J connectivity index is 1.12. The molecule has 7 nitrogen and oxygen atoms in total. The van der Waals surface area contributed by atoms with E-state index in [1.165, 1.54) is 21.2 Å². The third kappa shape index (κ3) is 4.69. The van der Waals surface area contributed by atoms with Crippen molar-refractivity contribution in [3.05, 3.63) is 60.2 Å². The Hall–Kier alpha value is -2.84. The lowest BCUT2D eigenvalue weighted by Crippen LogP contribution is -2.40. The lowest BCUT2D eigenvalue weighted by Gasteiger charge is -2.34. The smallest absolute Gasteiger partial charge is 0.231 e. The standard InChI is InChI=1S/C27H30N4O3S/c32-25(11-15-31-21-7-1-3-9-23(21)35-24-10-4-2-8-22(24)31)30-14-5-6-20(18-30)27-28-26(29-34-27)19-12-16-33-17-13-19/h1-4,7-10,19-20H,5-6,11-18H2. The zero-order chi connectivity index (χ0) is 23.6. The largest absolute Gasteiger partial charge is 0.381 e. The van der Waals surface area contributed by atoms with E-state index in [2.05, 4.69) is 58.6 Å². The molecule has 2 aromatic carbocycles. The number of amides is 1. The van der Waals surface area contributed by atoms with Crippen molar-refractivity contribution in [2.45, 2.75) is 53.7 Å². The van der Waals surface area contributed by atoms with Gasteiger partial charge in [0.15, 0.2) is 5.82 Å². The van der Waals surface area contributed by atoms with Gasteiger partial charge in [0.1, 0.15) is 0 Å². The van der Waals surface area contributed by atoms with Crippen LogP contribution in [0, 0.1) is 0 Å². The number of aromatic nitrogens is 2. The van der Waals surface area contributed by atoms with Gasteiger partial charge in [-0.3, -0.25) is 4.79 Å². The number of fused-ring (bicyclic) bond motifs is 2. The fraction of sp³-hybridized carbons (Fsp3) is 0.444. The van der Waals surface area contributed by atoms with Crippen LogP contribution in [-0.4, -0.2) is 53.8 Å². The quantitative estimate of drug-likeness (QED) is 0.477. The highest BCUT2D eigenvalue weighted by Gasteiger charge is 2.31. The zero-order valence-electron chi connectivity index (χ0n) is 19.8. The molecule has 1 atom stereocenters. The number of ether oxygens (including phenoxy) is 1. The molecule has 0 N–H and O–H groups in total. The van der Waals surface area contributed by atoms with Crippen molar-refractivity contribution in [2.75, 3.05) is 37.7 Å². The normalized spacial score (nSPS) is 20.4. The van der Waals surface area contributed by atoms with Gasteiger partial charge in [0, 0.05) is 55.0 Å². The minimum Gasteiger partial charge on any atom is -0.381 e. The maximum atomic E-state index is 13.3. The van der Waals surface area contributed by atoms with Crippen LogP contribution in [0.1, 0.15) is 55.7 Å². The van der Waals surface area contributed by atoms with Crippen LogP contribution in [0.3, 0.4) is 0 Å².